The lowest BCUT2D eigenvalue weighted by Gasteiger charge is -2.38. The van der Waals surface area contributed by atoms with Gasteiger partial charge in [-0.25, -0.2) is 13.8 Å². The smallest absolute Gasteiger partial charge is 0.261 e. The number of aromatic amines is 1. The third kappa shape index (κ3) is 6.54. The molecule has 1 aromatic heterocycles. The van der Waals surface area contributed by atoms with Crippen molar-refractivity contribution < 1.29 is 13.5 Å². The number of piperidine rings is 2. The zero-order valence-corrected chi connectivity index (χ0v) is 23.5. The van der Waals surface area contributed by atoms with Gasteiger partial charge in [-0.2, -0.15) is 11.8 Å². The molecule has 1 aliphatic carbocycles. The number of thioether (sulfide) groups is 1. The van der Waals surface area contributed by atoms with Crippen LogP contribution in [0.15, 0.2) is 35.1 Å². The van der Waals surface area contributed by atoms with E-state index in [9.17, 15) is 13.6 Å². The second kappa shape index (κ2) is 11.9. The number of H-pyrrole nitrogens is 1. The number of hydrogen-bond acceptors (Lipinski definition) is 7. The van der Waals surface area contributed by atoms with Crippen LogP contribution in [0.1, 0.15) is 44.3 Å². The van der Waals surface area contributed by atoms with Crippen LogP contribution in [0.5, 0.6) is 5.75 Å². The first kappa shape index (κ1) is 27.3. The summed E-state index contributed by atoms with van der Waals surface area (Å²) in [6.07, 6.45) is 6.61. The van der Waals surface area contributed by atoms with Crippen molar-refractivity contribution in [2.24, 2.45) is 11.8 Å². The largest absolute Gasteiger partial charge is 0.493 e. The van der Waals surface area contributed by atoms with Crippen LogP contribution in [0.3, 0.4) is 0 Å². The summed E-state index contributed by atoms with van der Waals surface area (Å²) >= 11 is 1.81. The zero-order valence-electron chi connectivity index (χ0n) is 22.7. The molecule has 10 heteroatoms. The monoisotopic (exact) mass is 569 g/mol. The highest BCUT2D eigenvalue weighted by atomic mass is 32.2. The molecule has 2 aliphatic heterocycles. The Morgan fingerprint density at radius 2 is 1.75 bits per heavy atom. The standard InChI is InChI=1S/C30H37F2N5O2S/c31-24-13-21(33)3-4-27(24)37-11-5-19(6-12-37)16-36-9-7-23(8-10-36)40-18-28-34-26-15-22(39-17-20-1-2-20)14-25(32)29(26)30(38)35-28/h3-4,13-15,19-20,23H,1-2,5-12,16-18,33H2,(H,34,35,38). The van der Waals surface area contributed by atoms with Gasteiger partial charge in [0.25, 0.3) is 5.56 Å². The van der Waals surface area contributed by atoms with E-state index in [0.717, 1.165) is 71.2 Å². The van der Waals surface area contributed by atoms with Crippen molar-refractivity contribution in [1.29, 1.82) is 0 Å². The molecular formula is C30H37F2N5O2S. The number of aromatic nitrogens is 2. The van der Waals surface area contributed by atoms with Crippen molar-refractivity contribution in [2.75, 3.05) is 50.0 Å². The number of nitrogens with two attached hydrogens (primary N) is 1. The van der Waals surface area contributed by atoms with Crippen LogP contribution in [0.4, 0.5) is 20.2 Å². The second-order valence-corrected chi connectivity index (χ2v) is 12.8. The van der Waals surface area contributed by atoms with Gasteiger partial charge in [-0.3, -0.25) is 4.79 Å². The van der Waals surface area contributed by atoms with Crippen molar-refractivity contribution >= 4 is 34.0 Å². The molecule has 2 saturated heterocycles. The summed E-state index contributed by atoms with van der Waals surface area (Å²) in [5.74, 6) is 1.95. The van der Waals surface area contributed by atoms with Gasteiger partial charge < -0.3 is 25.3 Å². The number of nitrogens with zero attached hydrogens (tertiary/aromatic N) is 3. The summed E-state index contributed by atoms with van der Waals surface area (Å²) in [5.41, 5.74) is 6.72. The van der Waals surface area contributed by atoms with E-state index in [-0.39, 0.29) is 11.2 Å². The van der Waals surface area contributed by atoms with Gasteiger partial charge >= 0.3 is 0 Å². The first-order valence-corrected chi connectivity index (χ1v) is 15.5. The molecule has 1 saturated carbocycles. The summed E-state index contributed by atoms with van der Waals surface area (Å²) in [7, 11) is 0. The van der Waals surface area contributed by atoms with E-state index in [4.69, 9.17) is 10.5 Å². The van der Waals surface area contributed by atoms with Gasteiger partial charge in [0.15, 0.2) is 0 Å². The number of likely N-dealkylation sites (tertiary alicyclic amines) is 1. The third-order valence-electron chi connectivity index (χ3n) is 8.40. The van der Waals surface area contributed by atoms with Crippen molar-refractivity contribution in [3.63, 3.8) is 0 Å². The maximum atomic E-state index is 14.6. The van der Waals surface area contributed by atoms with Crippen molar-refractivity contribution in [3.8, 4) is 5.75 Å². The van der Waals surface area contributed by atoms with Crippen LogP contribution < -0.4 is 20.9 Å². The summed E-state index contributed by atoms with van der Waals surface area (Å²) < 4.78 is 34.7. The minimum atomic E-state index is -0.591. The molecule has 3 fully saturated rings. The predicted octanol–water partition coefficient (Wildman–Crippen LogP) is 5.19. The second-order valence-electron chi connectivity index (χ2n) is 11.5. The van der Waals surface area contributed by atoms with E-state index in [2.05, 4.69) is 19.8 Å². The van der Waals surface area contributed by atoms with Gasteiger partial charge in [0.05, 0.1) is 23.6 Å². The summed E-state index contributed by atoms with van der Waals surface area (Å²) in [6.45, 7) is 5.52. The highest BCUT2D eigenvalue weighted by Crippen LogP contribution is 2.32. The fourth-order valence-corrected chi connectivity index (χ4v) is 6.93. The number of rotatable bonds is 9. The van der Waals surface area contributed by atoms with E-state index in [0.29, 0.717) is 57.9 Å². The third-order valence-corrected chi connectivity index (χ3v) is 9.78. The fourth-order valence-electron chi connectivity index (χ4n) is 5.85. The first-order valence-electron chi connectivity index (χ1n) is 14.4. The van der Waals surface area contributed by atoms with Gasteiger partial charge in [-0.1, -0.05) is 0 Å². The quantitative estimate of drug-likeness (QED) is 0.343. The number of nitrogen functional groups attached to an aromatic ring is 1. The normalized spacial score (nSPS) is 19.4. The minimum absolute atomic E-state index is 0.00901. The van der Waals surface area contributed by atoms with Gasteiger partial charge in [0, 0.05) is 42.7 Å². The molecule has 0 unspecified atom stereocenters. The number of benzene rings is 2. The van der Waals surface area contributed by atoms with E-state index >= 15 is 0 Å². The Morgan fingerprint density at radius 3 is 2.48 bits per heavy atom. The van der Waals surface area contributed by atoms with Crippen LogP contribution in [-0.2, 0) is 5.75 Å². The number of hydrogen-bond donors (Lipinski definition) is 2. The topological polar surface area (TPSA) is 87.5 Å². The van der Waals surface area contributed by atoms with E-state index in [1.807, 2.05) is 11.8 Å². The van der Waals surface area contributed by atoms with Crippen LogP contribution >= 0.6 is 11.8 Å². The molecule has 3 aromatic rings. The molecule has 0 radical (unpaired) electrons. The lowest BCUT2D eigenvalue weighted by atomic mass is 9.95. The Morgan fingerprint density at radius 1 is 0.975 bits per heavy atom. The summed E-state index contributed by atoms with van der Waals surface area (Å²) in [4.78, 5) is 24.7. The van der Waals surface area contributed by atoms with Gasteiger partial charge in [0.1, 0.15) is 28.6 Å². The Labute approximate surface area is 237 Å². The van der Waals surface area contributed by atoms with Gasteiger partial charge in [-0.15, -0.1) is 0 Å². The number of halogens is 2. The zero-order chi connectivity index (χ0) is 27.6. The highest BCUT2D eigenvalue weighted by molar-refractivity contribution is 7.99. The van der Waals surface area contributed by atoms with Crippen molar-refractivity contribution in [1.82, 2.24) is 14.9 Å². The van der Waals surface area contributed by atoms with Gasteiger partial charge in [-0.05, 0) is 81.6 Å². The Bertz CT molecular complexity index is 1400. The molecule has 0 spiro atoms. The predicted molar refractivity (Wildman–Crippen MR) is 157 cm³/mol. The van der Waals surface area contributed by atoms with Gasteiger partial charge in [0.2, 0.25) is 0 Å². The molecular weight excluding hydrogens is 532 g/mol. The lowest BCUT2D eigenvalue weighted by molar-refractivity contribution is 0.184. The number of ether oxygens (including phenoxy) is 1. The van der Waals surface area contributed by atoms with E-state index in [1.54, 1.807) is 18.2 Å². The number of anilines is 2. The Hall–Kier alpha value is -2.85. The molecule has 6 rings (SSSR count). The van der Waals surface area contributed by atoms with E-state index in [1.165, 1.54) is 12.1 Å². The number of nitrogens with one attached hydrogen (secondary N) is 1. The average molecular weight is 570 g/mol. The highest BCUT2D eigenvalue weighted by Gasteiger charge is 2.26. The average Bonchev–Trinajstić information content (AvgIpc) is 3.77. The maximum absolute atomic E-state index is 14.6. The van der Waals surface area contributed by atoms with Crippen LogP contribution in [0, 0.1) is 23.5 Å². The summed E-state index contributed by atoms with van der Waals surface area (Å²) in [6, 6.07) is 7.92. The van der Waals surface area contributed by atoms with E-state index < -0.39 is 11.4 Å². The van der Waals surface area contributed by atoms with Crippen molar-refractivity contribution in [2.45, 2.75) is 49.5 Å². The molecule has 7 nitrogen and oxygen atoms in total. The molecule has 0 atom stereocenters. The lowest BCUT2D eigenvalue weighted by Crippen LogP contribution is -2.42. The van der Waals surface area contributed by atoms with Crippen LogP contribution in [0.25, 0.3) is 10.9 Å². The SMILES string of the molecule is Nc1ccc(N2CCC(CN3CCC(SCc4nc5cc(OCC6CC6)cc(F)c5c(=O)[nH]4)CC3)CC2)c(F)c1. The van der Waals surface area contributed by atoms with Crippen molar-refractivity contribution in [3.05, 3.63) is 58.1 Å². The van der Waals surface area contributed by atoms with Crippen LogP contribution in [-0.4, -0.2) is 59.4 Å². The molecule has 0 amide bonds. The molecule has 3 N–H and O–H groups in total. The summed E-state index contributed by atoms with van der Waals surface area (Å²) in [5, 5.41) is 0.489. The maximum Gasteiger partial charge on any atom is 0.261 e. The molecule has 2 aromatic carbocycles. The number of fused-ring (bicyclic) bond motifs is 1. The Balaban J connectivity index is 0.967. The first-order chi connectivity index (χ1) is 19.4. The molecule has 3 aliphatic rings. The molecule has 40 heavy (non-hydrogen) atoms. The minimum Gasteiger partial charge on any atom is -0.493 e. The molecule has 214 valence electrons. The fraction of sp³-hybridized carbons (Fsp3) is 0.533. The molecule has 0 bridgehead atoms. The molecule has 3 heterocycles. The van der Waals surface area contributed by atoms with Crippen LogP contribution in [0.2, 0.25) is 0 Å². The Kier molecular flexibility index (Phi) is 8.16.